The van der Waals surface area contributed by atoms with Crippen LogP contribution in [0.3, 0.4) is 0 Å². The van der Waals surface area contributed by atoms with Crippen LogP contribution in [0.5, 0.6) is 0 Å². The van der Waals surface area contributed by atoms with Gasteiger partial charge in [-0.15, -0.1) is 0 Å². The molecule has 0 bridgehead atoms. The first kappa shape index (κ1) is 17.5. The average Bonchev–Trinajstić information content (AvgIpc) is 2.82. The van der Waals surface area contributed by atoms with Gasteiger partial charge in [0.1, 0.15) is 11.6 Å². The van der Waals surface area contributed by atoms with Crippen LogP contribution in [0.2, 0.25) is 0 Å². The van der Waals surface area contributed by atoms with Crippen LogP contribution in [-0.2, 0) is 20.9 Å². The SMILES string of the molecule is O=C(CCN1C(=O)C2CCCCC2C1=O)NCc1cc(F)cc(F)c1. The molecular weight excluding hydrogens is 330 g/mol. The average molecular weight is 350 g/mol. The molecule has 2 fully saturated rings. The second-order valence-corrected chi connectivity index (χ2v) is 6.63. The van der Waals surface area contributed by atoms with Gasteiger partial charge in [-0.25, -0.2) is 8.78 Å². The number of carbonyl (C=O) groups excluding carboxylic acids is 3. The molecule has 134 valence electrons. The minimum absolute atomic E-state index is 0.0132. The molecule has 1 heterocycles. The van der Waals surface area contributed by atoms with E-state index < -0.39 is 11.6 Å². The molecule has 2 atom stereocenters. The summed E-state index contributed by atoms with van der Waals surface area (Å²) < 4.78 is 26.2. The van der Waals surface area contributed by atoms with E-state index in [9.17, 15) is 23.2 Å². The highest BCUT2D eigenvalue weighted by atomic mass is 19.1. The second-order valence-electron chi connectivity index (χ2n) is 6.63. The van der Waals surface area contributed by atoms with E-state index >= 15 is 0 Å². The van der Waals surface area contributed by atoms with E-state index in [0.717, 1.165) is 43.9 Å². The summed E-state index contributed by atoms with van der Waals surface area (Å²) in [4.78, 5) is 37.7. The van der Waals surface area contributed by atoms with Gasteiger partial charge in [0.2, 0.25) is 17.7 Å². The Kier molecular flexibility index (Phi) is 5.11. The van der Waals surface area contributed by atoms with Crippen LogP contribution in [0.15, 0.2) is 18.2 Å². The molecule has 25 heavy (non-hydrogen) atoms. The molecule has 2 aliphatic rings. The predicted molar refractivity (Wildman–Crippen MR) is 85.0 cm³/mol. The number of benzene rings is 1. The number of nitrogens with one attached hydrogen (secondary N) is 1. The second kappa shape index (κ2) is 7.29. The molecule has 1 aromatic carbocycles. The molecule has 3 amide bonds. The fraction of sp³-hybridized carbons (Fsp3) is 0.500. The summed E-state index contributed by atoms with van der Waals surface area (Å²) in [7, 11) is 0. The number of rotatable bonds is 5. The predicted octanol–water partition coefficient (Wildman–Crippen LogP) is 2.15. The zero-order chi connectivity index (χ0) is 18.0. The van der Waals surface area contributed by atoms with Crippen LogP contribution >= 0.6 is 0 Å². The lowest BCUT2D eigenvalue weighted by Crippen LogP contribution is -2.35. The van der Waals surface area contributed by atoms with E-state index in [1.165, 1.54) is 4.90 Å². The van der Waals surface area contributed by atoms with Gasteiger partial charge in [0, 0.05) is 25.6 Å². The number of amides is 3. The molecule has 0 spiro atoms. The molecule has 1 saturated carbocycles. The third-order valence-corrected chi connectivity index (χ3v) is 4.91. The third-order valence-electron chi connectivity index (χ3n) is 4.91. The Morgan fingerprint density at radius 3 is 2.16 bits per heavy atom. The summed E-state index contributed by atoms with van der Waals surface area (Å²) in [5.74, 6) is -2.58. The minimum Gasteiger partial charge on any atom is -0.352 e. The Balaban J connectivity index is 1.50. The summed E-state index contributed by atoms with van der Waals surface area (Å²) in [6, 6.07) is 3.04. The van der Waals surface area contributed by atoms with E-state index in [-0.39, 0.29) is 49.1 Å². The molecule has 1 aliphatic carbocycles. The molecule has 3 rings (SSSR count). The van der Waals surface area contributed by atoms with Crippen molar-refractivity contribution in [3.05, 3.63) is 35.4 Å². The Labute approximate surface area is 144 Å². The topological polar surface area (TPSA) is 66.5 Å². The van der Waals surface area contributed by atoms with Gasteiger partial charge < -0.3 is 5.32 Å². The molecule has 1 N–H and O–H groups in total. The number of nitrogens with zero attached hydrogens (tertiary/aromatic N) is 1. The highest BCUT2D eigenvalue weighted by molar-refractivity contribution is 6.05. The summed E-state index contributed by atoms with van der Waals surface area (Å²) >= 11 is 0. The van der Waals surface area contributed by atoms with Crippen LogP contribution in [-0.4, -0.2) is 29.2 Å². The smallest absolute Gasteiger partial charge is 0.233 e. The van der Waals surface area contributed by atoms with Crippen LogP contribution in [0.1, 0.15) is 37.7 Å². The van der Waals surface area contributed by atoms with E-state index in [1.807, 2.05) is 0 Å². The first-order chi connectivity index (χ1) is 12.0. The van der Waals surface area contributed by atoms with Crippen molar-refractivity contribution in [2.75, 3.05) is 6.54 Å². The normalized spacial score (nSPS) is 22.9. The Morgan fingerprint density at radius 1 is 1.04 bits per heavy atom. The highest BCUT2D eigenvalue weighted by Crippen LogP contribution is 2.37. The molecule has 7 heteroatoms. The van der Waals surface area contributed by atoms with Crippen molar-refractivity contribution < 1.29 is 23.2 Å². The molecule has 5 nitrogen and oxygen atoms in total. The maximum absolute atomic E-state index is 13.1. The van der Waals surface area contributed by atoms with E-state index in [1.54, 1.807) is 0 Å². The van der Waals surface area contributed by atoms with Gasteiger partial charge in [0.15, 0.2) is 0 Å². The lowest BCUT2D eigenvalue weighted by atomic mass is 9.81. The van der Waals surface area contributed by atoms with Crippen molar-refractivity contribution in [1.29, 1.82) is 0 Å². The van der Waals surface area contributed by atoms with E-state index in [4.69, 9.17) is 0 Å². The van der Waals surface area contributed by atoms with Crippen LogP contribution in [0.25, 0.3) is 0 Å². The number of likely N-dealkylation sites (tertiary alicyclic amines) is 1. The first-order valence-electron chi connectivity index (χ1n) is 8.52. The Bertz CT molecular complexity index is 663. The van der Waals surface area contributed by atoms with E-state index in [2.05, 4.69) is 5.32 Å². The first-order valence-corrected chi connectivity index (χ1v) is 8.52. The summed E-state index contributed by atoms with van der Waals surface area (Å²) in [6.07, 6.45) is 3.37. The van der Waals surface area contributed by atoms with Gasteiger partial charge in [-0.05, 0) is 30.5 Å². The maximum atomic E-state index is 13.1. The van der Waals surface area contributed by atoms with Crippen molar-refractivity contribution in [3.8, 4) is 0 Å². The Hall–Kier alpha value is -2.31. The molecule has 1 aromatic rings. The number of imide groups is 1. The summed E-state index contributed by atoms with van der Waals surface area (Å²) in [5, 5.41) is 2.55. The molecule has 1 saturated heterocycles. The fourth-order valence-electron chi connectivity index (χ4n) is 3.67. The van der Waals surface area contributed by atoms with Crippen molar-refractivity contribution in [2.24, 2.45) is 11.8 Å². The lowest BCUT2D eigenvalue weighted by molar-refractivity contribution is -0.140. The standard InChI is InChI=1S/C18H20F2N2O3/c19-12-7-11(8-13(20)9-12)10-21-16(23)5-6-22-17(24)14-3-1-2-4-15(14)18(22)25/h7-9,14-15H,1-6,10H2,(H,21,23). The van der Waals surface area contributed by atoms with Gasteiger partial charge >= 0.3 is 0 Å². The fourth-order valence-corrected chi connectivity index (χ4v) is 3.67. The molecule has 0 radical (unpaired) electrons. The third kappa shape index (κ3) is 3.86. The molecule has 2 unspecified atom stereocenters. The van der Waals surface area contributed by atoms with Gasteiger partial charge in [-0.2, -0.15) is 0 Å². The van der Waals surface area contributed by atoms with Crippen molar-refractivity contribution in [2.45, 2.75) is 38.6 Å². The van der Waals surface area contributed by atoms with Gasteiger partial charge in [-0.3, -0.25) is 19.3 Å². The number of hydrogen-bond acceptors (Lipinski definition) is 3. The number of halogens is 2. The van der Waals surface area contributed by atoms with E-state index in [0.29, 0.717) is 5.56 Å². The van der Waals surface area contributed by atoms with Crippen molar-refractivity contribution >= 4 is 17.7 Å². The lowest BCUT2D eigenvalue weighted by Gasteiger charge is -2.19. The van der Waals surface area contributed by atoms with Crippen molar-refractivity contribution in [3.63, 3.8) is 0 Å². The van der Waals surface area contributed by atoms with Crippen LogP contribution in [0, 0.1) is 23.5 Å². The van der Waals surface area contributed by atoms with Gasteiger partial charge in [0.05, 0.1) is 11.8 Å². The molecular formula is C18H20F2N2O3. The monoisotopic (exact) mass is 350 g/mol. The molecule has 1 aliphatic heterocycles. The quantitative estimate of drug-likeness (QED) is 0.828. The van der Waals surface area contributed by atoms with Crippen molar-refractivity contribution in [1.82, 2.24) is 10.2 Å². The Morgan fingerprint density at radius 2 is 1.60 bits per heavy atom. The minimum atomic E-state index is -0.708. The number of fused-ring (bicyclic) bond motifs is 1. The zero-order valence-corrected chi connectivity index (χ0v) is 13.8. The largest absolute Gasteiger partial charge is 0.352 e. The summed E-state index contributed by atoms with van der Waals surface area (Å²) in [6.45, 7) is 0.0364. The summed E-state index contributed by atoms with van der Waals surface area (Å²) in [5.41, 5.74) is 0.310. The van der Waals surface area contributed by atoms with Crippen LogP contribution < -0.4 is 5.32 Å². The number of hydrogen-bond donors (Lipinski definition) is 1. The zero-order valence-electron chi connectivity index (χ0n) is 13.8. The van der Waals surface area contributed by atoms with Crippen LogP contribution in [0.4, 0.5) is 8.78 Å². The molecule has 0 aromatic heterocycles. The highest BCUT2D eigenvalue weighted by Gasteiger charge is 2.47. The van der Waals surface area contributed by atoms with Gasteiger partial charge in [0.25, 0.3) is 0 Å². The maximum Gasteiger partial charge on any atom is 0.233 e. The number of carbonyl (C=O) groups is 3. The van der Waals surface area contributed by atoms with Gasteiger partial charge in [-0.1, -0.05) is 12.8 Å².